The van der Waals surface area contributed by atoms with Crippen molar-refractivity contribution in [2.45, 2.75) is 346 Å². The number of hydrogen-bond acceptors (Lipinski definition) is 5. The van der Waals surface area contributed by atoms with Gasteiger partial charge in [-0.1, -0.05) is 296 Å². The molecule has 0 saturated carbocycles. The van der Waals surface area contributed by atoms with Gasteiger partial charge in [0.2, 0.25) is 5.91 Å². The molecule has 64 heavy (non-hydrogen) atoms. The van der Waals surface area contributed by atoms with Crippen molar-refractivity contribution < 1.29 is 25.2 Å². The Morgan fingerprint density at radius 1 is 0.375 bits per heavy atom. The maximum Gasteiger partial charge on any atom is 0.249 e. The van der Waals surface area contributed by atoms with Gasteiger partial charge < -0.3 is 25.7 Å². The fourth-order valence-corrected chi connectivity index (χ4v) is 9.41. The second-order valence-electron chi connectivity index (χ2n) is 20.3. The first-order chi connectivity index (χ1) is 31.5. The summed E-state index contributed by atoms with van der Waals surface area (Å²) in [7, 11) is 0. The first kappa shape index (κ1) is 63.0. The van der Waals surface area contributed by atoms with Crippen LogP contribution in [0.5, 0.6) is 0 Å². The van der Waals surface area contributed by atoms with Gasteiger partial charge in [0.25, 0.3) is 0 Å². The molecule has 6 heteroatoms. The molecule has 0 aliphatic rings. The van der Waals surface area contributed by atoms with Gasteiger partial charge in [0.15, 0.2) is 0 Å². The molecule has 5 N–H and O–H groups in total. The Bertz CT molecular complexity index is 928. The number of rotatable bonds is 54. The lowest BCUT2D eigenvalue weighted by molar-refractivity contribution is -0.132. The van der Waals surface area contributed by atoms with Crippen molar-refractivity contribution in [3.8, 4) is 0 Å². The third-order valence-electron chi connectivity index (χ3n) is 14.0. The molecule has 6 nitrogen and oxygen atoms in total. The van der Waals surface area contributed by atoms with Crippen molar-refractivity contribution in [1.29, 1.82) is 0 Å². The van der Waals surface area contributed by atoms with Crippen LogP contribution in [0.3, 0.4) is 0 Å². The van der Waals surface area contributed by atoms with Gasteiger partial charge in [-0.15, -0.1) is 0 Å². The fraction of sp³-hybridized carbons (Fsp3) is 0.948. The Morgan fingerprint density at radius 2 is 0.641 bits per heavy atom. The molecule has 4 unspecified atom stereocenters. The lowest BCUT2D eigenvalue weighted by Gasteiger charge is -2.27. The van der Waals surface area contributed by atoms with Crippen molar-refractivity contribution in [2.24, 2.45) is 0 Å². The summed E-state index contributed by atoms with van der Waals surface area (Å²) >= 11 is 0. The van der Waals surface area contributed by atoms with Crippen LogP contribution in [0.1, 0.15) is 322 Å². The summed E-state index contributed by atoms with van der Waals surface area (Å²) in [5.41, 5.74) is 0. The SMILES string of the molecule is CCCCCCCCCCCCCCCCCCCC/C=C/CCCC(O)C(O)C(CO)NC(=O)C(O)CCCCCCCCCCCCCCCCCCCCCCCCCCC. The van der Waals surface area contributed by atoms with E-state index in [1.165, 1.54) is 257 Å². The van der Waals surface area contributed by atoms with Crippen LogP contribution < -0.4 is 5.32 Å². The van der Waals surface area contributed by atoms with Gasteiger partial charge in [-0.2, -0.15) is 0 Å². The van der Waals surface area contributed by atoms with E-state index in [4.69, 9.17) is 0 Å². The number of aliphatic hydroxyl groups excluding tert-OH is 4. The van der Waals surface area contributed by atoms with Crippen LogP contribution in [0, 0.1) is 0 Å². The Labute approximate surface area is 400 Å². The molecule has 0 aromatic rings. The summed E-state index contributed by atoms with van der Waals surface area (Å²) in [6.45, 7) is 4.09. The Morgan fingerprint density at radius 3 is 0.938 bits per heavy atom. The van der Waals surface area contributed by atoms with Crippen LogP contribution in [0.15, 0.2) is 12.2 Å². The number of carbonyl (C=O) groups is 1. The highest BCUT2D eigenvalue weighted by Gasteiger charge is 2.28. The zero-order chi connectivity index (χ0) is 46.7. The molecule has 0 aromatic heterocycles. The topological polar surface area (TPSA) is 110 Å². The minimum atomic E-state index is -1.28. The van der Waals surface area contributed by atoms with Crippen LogP contribution in [-0.2, 0) is 4.79 Å². The molecule has 0 radical (unpaired) electrons. The molecule has 382 valence electrons. The molecule has 4 atom stereocenters. The third kappa shape index (κ3) is 46.2. The summed E-state index contributed by atoms with van der Waals surface area (Å²) < 4.78 is 0. The van der Waals surface area contributed by atoms with E-state index in [9.17, 15) is 25.2 Å². The molecule has 0 aliphatic carbocycles. The predicted molar refractivity (Wildman–Crippen MR) is 279 cm³/mol. The van der Waals surface area contributed by atoms with E-state index >= 15 is 0 Å². The zero-order valence-corrected chi connectivity index (χ0v) is 43.3. The molecule has 1 amide bonds. The highest BCUT2D eigenvalue weighted by molar-refractivity contribution is 5.80. The van der Waals surface area contributed by atoms with E-state index < -0.39 is 36.9 Å². The van der Waals surface area contributed by atoms with Gasteiger partial charge in [-0.3, -0.25) is 4.79 Å². The maximum atomic E-state index is 12.6. The molecule has 0 fully saturated rings. The van der Waals surface area contributed by atoms with E-state index in [1.807, 2.05) is 0 Å². The average Bonchev–Trinajstić information content (AvgIpc) is 3.30. The standard InChI is InChI=1S/C58H115NO5/c1-3-5-7-9-11-13-15-17-19-21-23-25-27-28-30-32-34-36-38-40-42-44-46-48-50-52-56(62)58(64)59-54(53-60)57(63)55(61)51-49-47-45-43-41-39-37-35-33-31-29-26-24-22-20-18-16-14-12-10-8-6-4-2/h43,45,54-57,60-63H,3-42,44,46-53H2,1-2H3,(H,59,64)/b45-43+. The number of unbranched alkanes of at least 4 members (excludes halogenated alkanes) is 43. The predicted octanol–water partition coefficient (Wildman–Crippen LogP) is 16.9. The summed E-state index contributed by atoms with van der Waals surface area (Å²) in [4.78, 5) is 12.6. The average molecular weight is 907 g/mol. The van der Waals surface area contributed by atoms with Gasteiger partial charge in [0.1, 0.15) is 12.2 Å². The van der Waals surface area contributed by atoms with Gasteiger partial charge in [-0.25, -0.2) is 0 Å². The molecule has 0 bridgehead atoms. The molecule has 0 heterocycles. The van der Waals surface area contributed by atoms with E-state index in [2.05, 4.69) is 31.3 Å². The van der Waals surface area contributed by atoms with Crippen molar-refractivity contribution in [3.05, 3.63) is 12.2 Å². The van der Waals surface area contributed by atoms with Gasteiger partial charge in [0, 0.05) is 0 Å². The van der Waals surface area contributed by atoms with Crippen molar-refractivity contribution in [3.63, 3.8) is 0 Å². The Hall–Kier alpha value is -0.950. The molecular weight excluding hydrogens is 791 g/mol. The summed E-state index contributed by atoms with van der Waals surface area (Å²) in [6.07, 6.45) is 62.9. The number of hydrogen-bond donors (Lipinski definition) is 5. The fourth-order valence-electron chi connectivity index (χ4n) is 9.41. The largest absolute Gasteiger partial charge is 0.394 e. The number of carbonyl (C=O) groups excluding carboxylic acids is 1. The number of allylic oxidation sites excluding steroid dienone is 2. The first-order valence-corrected chi connectivity index (χ1v) is 29.1. The molecule has 0 saturated heterocycles. The molecular formula is C58H115NO5. The highest BCUT2D eigenvalue weighted by atomic mass is 16.3. The van der Waals surface area contributed by atoms with Crippen molar-refractivity contribution >= 4 is 5.91 Å². The lowest BCUT2D eigenvalue weighted by atomic mass is 10.00. The summed E-state index contributed by atoms with van der Waals surface area (Å²) in [5, 5.41) is 44.0. The summed E-state index contributed by atoms with van der Waals surface area (Å²) in [6, 6.07) is -0.999. The quantitative estimate of drug-likeness (QED) is 0.0308. The van der Waals surface area contributed by atoms with Gasteiger partial charge in [0.05, 0.1) is 18.8 Å². The Balaban J connectivity index is 3.61. The first-order valence-electron chi connectivity index (χ1n) is 29.1. The minimum Gasteiger partial charge on any atom is -0.394 e. The zero-order valence-electron chi connectivity index (χ0n) is 43.3. The second-order valence-corrected chi connectivity index (χ2v) is 20.3. The van der Waals surface area contributed by atoms with E-state index in [0.717, 1.165) is 38.5 Å². The van der Waals surface area contributed by atoms with Gasteiger partial charge in [-0.05, 0) is 38.5 Å². The summed E-state index contributed by atoms with van der Waals surface area (Å²) in [5.74, 6) is -0.586. The minimum absolute atomic E-state index is 0.369. The van der Waals surface area contributed by atoms with Crippen LogP contribution in [-0.4, -0.2) is 57.3 Å². The van der Waals surface area contributed by atoms with Crippen molar-refractivity contribution in [2.75, 3.05) is 6.61 Å². The molecule has 0 spiro atoms. The number of aliphatic hydroxyl groups is 4. The smallest absolute Gasteiger partial charge is 0.249 e. The maximum absolute atomic E-state index is 12.6. The molecule has 0 aliphatic heterocycles. The monoisotopic (exact) mass is 906 g/mol. The van der Waals surface area contributed by atoms with Crippen LogP contribution in [0.25, 0.3) is 0 Å². The number of nitrogens with one attached hydrogen (secondary N) is 1. The molecule has 0 rings (SSSR count). The Kier molecular flexibility index (Phi) is 52.2. The number of amides is 1. The van der Waals surface area contributed by atoms with Crippen LogP contribution in [0.2, 0.25) is 0 Å². The van der Waals surface area contributed by atoms with Gasteiger partial charge >= 0.3 is 0 Å². The van der Waals surface area contributed by atoms with Crippen molar-refractivity contribution in [1.82, 2.24) is 5.32 Å². The van der Waals surface area contributed by atoms with E-state index in [1.54, 1.807) is 0 Å². The lowest BCUT2D eigenvalue weighted by Crippen LogP contribution is -2.53. The van der Waals surface area contributed by atoms with Crippen LogP contribution in [0.4, 0.5) is 0 Å². The highest BCUT2D eigenvalue weighted by Crippen LogP contribution is 2.18. The van der Waals surface area contributed by atoms with E-state index in [-0.39, 0.29) is 0 Å². The van der Waals surface area contributed by atoms with Crippen LogP contribution >= 0.6 is 0 Å². The normalized spacial score (nSPS) is 13.8. The van der Waals surface area contributed by atoms with E-state index in [0.29, 0.717) is 12.8 Å². The second kappa shape index (κ2) is 53.0. The third-order valence-corrected chi connectivity index (χ3v) is 14.0. The molecule has 0 aromatic carbocycles.